The number of aryl methyl sites for hydroxylation is 2. The van der Waals surface area contributed by atoms with Gasteiger partial charge >= 0.3 is 0 Å². The lowest BCUT2D eigenvalue weighted by Gasteiger charge is -2.27. The molecule has 0 fully saturated rings. The smallest absolute Gasteiger partial charge is 0.0441 e. The molecule has 0 N–H and O–H groups in total. The van der Waals surface area contributed by atoms with Crippen LogP contribution in [0, 0.1) is 0 Å². The lowest BCUT2D eigenvalue weighted by molar-refractivity contribution is 0.610. The van der Waals surface area contributed by atoms with Crippen molar-refractivity contribution in [1.82, 2.24) is 4.98 Å². The van der Waals surface area contributed by atoms with Gasteiger partial charge in [-0.25, -0.2) is 0 Å². The van der Waals surface area contributed by atoms with Crippen molar-refractivity contribution in [3.63, 3.8) is 0 Å². The first kappa shape index (κ1) is 12.2. The van der Waals surface area contributed by atoms with Gasteiger partial charge in [-0.15, -0.1) is 0 Å². The molecular formula is C17H25N. The van der Waals surface area contributed by atoms with Crippen molar-refractivity contribution in [2.75, 3.05) is 0 Å². The van der Waals surface area contributed by atoms with E-state index in [-0.39, 0.29) is 0 Å². The summed E-state index contributed by atoms with van der Waals surface area (Å²) in [5.74, 6) is 0. The molecule has 0 aromatic carbocycles. The Morgan fingerprint density at radius 3 is 2.28 bits per heavy atom. The van der Waals surface area contributed by atoms with Crippen LogP contribution in [-0.4, -0.2) is 4.98 Å². The molecule has 1 heteroatoms. The average Bonchev–Trinajstić information content (AvgIpc) is 2.45. The van der Waals surface area contributed by atoms with Crippen LogP contribution in [0.5, 0.6) is 0 Å². The summed E-state index contributed by atoms with van der Waals surface area (Å²) in [6, 6.07) is 0. The van der Waals surface area contributed by atoms with Gasteiger partial charge in [-0.1, -0.05) is 13.3 Å². The zero-order valence-corrected chi connectivity index (χ0v) is 11.7. The maximum atomic E-state index is 5.06. The van der Waals surface area contributed by atoms with Crippen molar-refractivity contribution < 1.29 is 0 Å². The molecule has 0 radical (unpaired) electrons. The standard InChI is InChI=1S/C17H25N/c1-2-3-11-16-14-9-5-4-8-13(14)15-10-6-7-12-17(15)18-16/h2-12H2,1H3. The Morgan fingerprint density at radius 1 is 0.833 bits per heavy atom. The minimum absolute atomic E-state index is 1.21. The van der Waals surface area contributed by atoms with Crippen LogP contribution in [0.2, 0.25) is 0 Å². The van der Waals surface area contributed by atoms with Crippen LogP contribution in [0.15, 0.2) is 0 Å². The Morgan fingerprint density at radius 2 is 1.50 bits per heavy atom. The normalized spacial score (nSPS) is 18.3. The molecule has 0 atom stereocenters. The summed E-state index contributed by atoms with van der Waals surface area (Å²) in [6.07, 6.45) is 14.5. The summed E-state index contributed by atoms with van der Waals surface area (Å²) in [6.45, 7) is 2.28. The Balaban J connectivity index is 2.03. The molecule has 1 nitrogen and oxygen atoms in total. The van der Waals surface area contributed by atoms with Crippen molar-refractivity contribution in [3.8, 4) is 0 Å². The van der Waals surface area contributed by atoms with Gasteiger partial charge in [0.2, 0.25) is 0 Å². The molecular weight excluding hydrogens is 218 g/mol. The van der Waals surface area contributed by atoms with Crippen LogP contribution < -0.4 is 0 Å². The fourth-order valence-corrected chi connectivity index (χ4v) is 3.68. The third-order valence-corrected chi connectivity index (χ3v) is 4.66. The van der Waals surface area contributed by atoms with E-state index in [1.54, 1.807) is 16.7 Å². The molecule has 3 rings (SSSR count). The fourth-order valence-electron chi connectivity index (χ4n) is 3.68. The summed E-state index contributed by atoms with van der Waals surface area (Å²) in [7, 11) is 0. The molecule has 1 aromatic rings. The lowest BCUT2D eigenvalue weighted by atomic mass is 9.81. The number of nitrogens with zero attached hydrogens (tertiary/aromatic N) is 1. The van der Waals surface area contributed by atoms with Crippen molar-refractivity contribution in [2.45, 2.75) is 77.6 Å². The van der Waals surface area contributed by atoms with Crippen LogP contribution in [0.4, 0.5) is 0 Å². The summed E-state index contributed by atoms with van der Waals surface area (Å²) in [4.78, 5) is 5.06. The largest absolute Gasteiger partial charge is 0.257 e. The zero-order chi connectivity index (χ0) is 12.4. The van der Waals surface area contributed by atoms with Gasteiger partial charge in [0.05, 0.1) is 0 Å². The van der Waals surface area contributed by atoms with Gasteiger partial charge in [-0.3, -0.25) is 4.98 Å². The zero-order valence-electron chi connectivity index (χ0n) is 11.7. The Labute approximate surface area is 111 Å². The molecule has 0 saturated heterocycles. The van der Waals surface area contributed by atoms with Crippen LogP contribution in [0.3, 0.4) is 0 Å². The molecule has 0 amide bonds. The maximum Gasteiger partial charge on any atom is 0.0441 e. The SMILES string of the molecule is CCCCc1nc2c(c3c1CCCC3)CCCC2. The number of rotatable bonds is 3. The van der Waals surface area contributed by atoms with Gasteiger partial charge in [0.25, 0.3) is 0 Å². The number of hydrogen-bond donors (Lipinski definition) is 0. The molecule has 1 aromatic heterocycles. The Bertz CT molecular complexity index is 434. The van der Waals surface area contributed by atoms with E-state index in [0.29, 0.717) is 0 Å². The van der Waals surface area contributed by atoms with E-state index in [4.69, 9.17) is 4.98 Å². The number of fused-ring (bicyclic) bond motifs is 3. The molecule has 1 heterocycles. The third-order valence-electron chi connectivity index (χ3n) is 4.66. The second kappa shape index (κ2) is 5.42. The lowest BCUT2D eigenvalue weighted by Crippen LogP contribution is -2.17. The van der Waals surface area contributed by atoms with E-state index in [9.17, 15) is 0 Å². The highest BCUT2D eigenvalue weighted by atomic mass is 14.7. The molecule has 0 unspecified atom stereocenters. The first-order valence-corrected chi connectivity index (χ1v) is 7.92. The summed E-state index contributed by atoms with van der Waals surface area (Å²) in [5.41, 5.74) is 7.99. The van der Waals surface area contributed by atoms with Crippen molar-refractivity contribution in [2.24, 2.45) is 0 Å². The molecule has 98 valence electrons. The minimum atomic E-state index is 1.21. The van der Waals surface area contributed by atoms with E-state index in [1.807, 2.05) is 0 Å². The quantitative estimate of drug-likeness (QED) is 0.776. The molecule has 0 spiro atoms. The van der Waals surface area contributed by atoms with Crippen molar-refractivity contribution in [1.29, 1.82) is 0 Å². The molecule has 0 saturated carbocycles. The second-order valence-corrected chi connectivity index (χ2v) is 5.96. The molecule has 18 heavy (non-hydrogen) atoms. The minimum Gasteiger partial charge on any atom is -0.257 e. The predicted octanol–water partition coefficient (Wildman–Crippen LogP) is 4.18. The highest BCUT2D eigenvalue weighted by Crippen LogP contribution is 2.32. The first-order valence-electron chi connectivity index (χ1n) is 7.92. The van der Waals surface area contributed by atoms with E-state index in [0.717, 1.165) is 0 Å². The molecule has 2 aliphatic carbocycles. The van der Waals surface area contributed by atoms with E-state index in [1.165, 1.54) is 82.0 Å². The first-order chi connectivity index (χ1) is 8.90. The fraction of sp³-hybridized carbons (Fsp3) is 0.706. The number of aromatic nitrogens is 1. The second-order valence-electron chi connectivity index (χ2n) is 5.96. The monoisotopic (exact) mass is 243 g/mol. The van der Waals surface area contributed by atoms with E-state index >= 15 is 0 Å². The third kappa shape index (κ3) is 2.20. The van der Waals surface area contributed by atoms with Crippen LogP contribution >= 0.6 is 0 Å². The summed E-state index contributed by atoms with van der Waals surface area (Å²) in [5, 5.41) is 0. The maximum absolute atomic E-state index is 5.06. The van der Waals surface area contributed by atoms with Crippen molar-refractivity contribution >= 4 is 0 Å². The van der Waals surface area contributed by atoms with E-state index in [2.05, 4.69) is 6.92 Å². The Kier molecular flexibility index (Phi) is 3.67. The highest BCUT2D eigenvalue weighted by Gasteiger charge is 2.22. The van der Waals surface area contributed by atoms with Gasteiger partial charge < -0.3 is 0 Å². The summed E-state index contributed by atoms with van der Waals surface area (Å²) < 4.78 is 0. The molecule has 0 bridgehead atoms. The van der Waals surface area contributed by atoms with Gasteiger partial charge in [-0.05, 0) is 80.9 Å². The predicted molar refractivity (Wildman–Crippen MR) is 76.1 cm³/mol. The molecule has 0 aliphatic heterocycles. The van der Waals surface area contributed by atoms with Gasteiger partial charge in [0.1, 0.15) is 0 Å². The van der Waals surface area contributed by atoms with E-state index < -0.39 is 0 Å². The Hall–Kier alpha value is -0.850. The summed E-state index contributed by atoms with van der Waals surface area (Å²) >= 11 is 0. The van der Waals surface area contributed by atoms with Crippen LogP contribution in [0.25, 0.3) is 0 Å². The topological polar surface area (TPSA) is 12.9 Å². The van der Waals surface area contributed by atoms with Gasteiger partial charge in [-0.2, -0.15) is 0 Å². The van der Waals surface area contributed by atoms with Gasteiger partial charge in [0, 0.05) is 11.4 Å². The number of pyridine rings is 1. The van der Waals surface area contributed by atoms with Crippen LogP contribution in [0.1, 0.15) is 73.5 Å². The highest BCUT2D eigenvalue weighted by molar-refractivity contribution is 5.43. The van der Waals surface area contributed by atoms with Gasteiger partial charge in [0.15, 0.2) is 0 Å². The molecule has 2 aliphatic rings. The number of unbranched alkanes of at least 4 members (excludes halogenated alkanes) is 1. The number of hydrogen-bond acceptors (Lipinski definition) is 1. The van der Waals surface area contributed by atoms with Crippen LogP contribution in [-0.2, 0) is 32.1 Å². The van der Waals surface area contributed by atoms with Crippen molar-refractivity contribution in [3.05, 3.63) is 28.1 Å². The average molecular weight is 243 g/mol.